The number of benzene rings is 6. The van der Waals surface area contributed by atoms with Gasteiger partial charge in [-0.05, 0) is 40.5 Å². The van der Waals surface area contributed by atoms with E-state index in [0.717, 1.165) is 77.8 Å². The Morgan fingerprint density at radius 3 is 1.98 bits per heavy atom. The molecule has 5 nitrogen and oxygen atoms in total. The highest BCUT2D eigenvalue weighted by atomic mass is 16.3. The summed E-state index contributed by atoms with van der Waals surface area (Å²) in [6, 6.07) is 53.9. The lowest BCUT2D eigenvalue weighted by Gasteiger charge is -2.25. The van der Waals surface area contributed by atoms with Crippen LogP contribution < -0.4 is 5.32 Å². The van der Waals surface area contributed by atoms with Gasteiger partial charge in [-0.1, -0.05) is 140 Å². The minimum Gasteiger partial charge on any atom is -0.454 e. The predicted octanol–water partition coefficient (Wildman–Crippen LogP) is 9.96. The van der Waals surface area contributed by atoms with Gasteiger partial charge in [0.1, 0.15) is 23.1 Å². The molecule has 0 radical (unpaired) electrons. The summed E-state index contributed by atoms with van der Waals surface area (Å²) >= 11 is 0. The number of rotatable bonds is 5. The average molecular weight is 605 g/mol. The number of aliphatic imine (C=N–C) groups is 2. The third-order valence-electron chi connectivity index (χ3n) is 8.74. The molecule has 3 heterocycles. The number of para-hydroxylation sites is 1. The highest BCUT2D eigenvalue weighted by Crippen LogP contribution is 2.43. The normalized spacial score (nSPS) is 14.6. The Morgan fingerprint density at radius 1 is 0.553 bits per heavy atom. The van der Waals surface area contributed by atoms with E-state index in [9.17, 15) is 0 Å². The Bertz CT molecular complexity index is 2480. The molecule has 1 N–H and O–H groups in total. The monoisotopic (exact) mass is 604 g/mol. The van der Waals surface area contributed by atoms with E-state index in [1.807, 2.05) is 54.6 Å². The Morgan fingerprint density at radius 2 is 1.19 bits per heavy atom. The molecule has 5 heteroatoms. The van der Waals surface area contributed by atoms with Crippen LogP contribution in [0.5, 0.6) is 0 Å². The highest BCUT2D eigenvalue weighted by Gasteiger charge is 2.25. The first-order valence-corrected chi connectivity index (χ1v) is 15.7. The molecule has 1 unspecified atom stereocenters. The second kappa shape index (κ2) is 11.2. The summed E-state index contributed by atoms with van der Waals surface area (Å²) in [5.41, 5.74) is 10.5. The van der Waals surface area contributed by atoms with Gasteiger partial charge in [-0.25, -0.2) is 15.0 Å². The largest absolute Gasteiger partial charge is 0.454 e. The molecule has 2 aromatic heterocycles. The number of hydrogen-bond acceptors (Lipinski definition) is 5. The van der Waals surface area contributed by atoms with Gasteiger partial charge in [-0.15, -0.1) is 0 Å². The molecule has 0 amide bonds. The molecular formula is C42H28N4O. The quantitative estimate of drug-likeness (QED) is 0.213. The van der Waals surface area contributed by atoms with Crippen molar-refractivity contribution in [2.45, 2.75) is 6.17 Å². The zero-order chi connectivity index (χ0) is 31.2. The van der Waals surface area contributed by atoms with Crippen LogP contribution in [0.1, 0.15) is 22.9 Å². The fourth-order valence-electron chi connectivity index (χ4n) is 6.49. The van der Waals surface area contributed by atoms with Crippen molar-refractivity contribution in [1.82, 2.24) is 10.3 Å². The number of nitrogens with zero attached hydrogens (tertiary/aromatic N) is 3. The smallest absolute Gasteiger partial charge is 0.159 e. The Balaban J connectivity index is 1.28. The summed E-state index contributed by atoms with van der Waals surface area (Å²) in [6.07, 6.45) is -0.296. The topological polar surface area (TPSA) is 62.8 Å². The maximum absolute atomic E-state index is 6.72. The van der Waals surface area contributed by atoms with Crippen molar-refractivity contribution in [3.05, 3.63) is 174 Å². The van der Waals surface area contributed by atoms with Gasteiger partial charge in [0.2, 0.25) is 0 Å². The second-order valence-electron chi connectivity index (χ2n) is 11.6. The van der Waals surface area contributed by atoms with Gasteiger partial charge in [-0.3, -0.25) is 0 Å². The number of amidine groups is 2. The molecular weight excluding hydrogens is 576 g/mol. The number of aromatic nitrogens is 1. The van der Waals surface area contributed by atoms with E-state index in [4.69, 9.17) is 19.4 Å². The van der Waals surface area contributed by atoms with Crippen molar-refractivity contribution in [3.63, 3.8) is 0 Å². The summed E-state index contributed by atoms with van der Waals surface area (Å²) in [4.78, 5) is 15.4. The Labute approximate surface area is 271 Å². The third kappa shape index (κ3) is 4.77. The summed E-state index contributed by atoms with van der Waals surface area (Å²) in [7, 11) is 0. The van der Waals surface area contributed by atoms with Gasteiger partial charge >= 0.3 is 0 Å². The third-order valence-corrected chi connectivity index (χ3v) is 8.74. The number of furan rings is 1. The first kappa shape index (κ1) is 27.0. The van der Waals surface area contributed by atoms with Crippen LogP contribution >= 0.6 is 0 Å². The molecule has 1 atom stereocenters. The van der Waals surface area contributed by atoms with Gasteiger partial charge < -0.3 is 9.73 Å². The number of hydrogen-bond donors (Lipinski definition) is 1. The summed E-state index contributed by atoms with van der Waals surface area (Å²) in [5, 5.41) is 5.68. The van der Waals surface area contributed by atoms with E-state index in [2.05, 4.69) is 108 Å². The van der Waals surface area contributed by atoms with E-state index < -0.39 is 0 Å². The molecule has 0 aliphatic carbocycles. The zero-order valence-electron chi connectivity index (χ0n) is 25.3. The lowest BCUT2D eigenvalue weighted by atomic mass is 9.92. The Hall–Kier alpha value is -6.33. The van der Waals surface area contributed by atoms with E-state index >= 15 is 0 Å². The molecule has 0 spiro atoms. The van der Waals surface area contributed by atoms with Crippen molar-refractivity contribution < 1.29 is 4.42 Å². The molecule has 6 aromatic carbocycles. The van der Waals surface area contributed by atoms with Gasteiger partial charge in [0, 0.05) is 22.1 Å². The number of pyridine rings is 1. The van der Waals surface area contributed by atoms with Gasteiger partial charge in [0.05, 0.1) is 10.9 Å². The lowest BCUT2D eigenvalue weighted by Crippen LogP contribution is -2.33. The lowest BCUT2D eigenvalue weighted by molar-refractivity contribution is 0.670. The predicted molar refractivity (Wildman–Crippen MR) is 192 cm³/mol. The van der Waals surface area contributed by atoms with Crippen LogP contribution in [0.3, 0.4) is 0 Å². The standard InChI is InChI=1S/C42H28N4O/c1-4-14-27(15-5-1)31-24-25-33(37-38-36(47-39(31)37)26-30-20-10-13-23-35(30)43-38)32-21-11-12-22-34(32)42-45-40(28-16-6-2-7-17-28)44-41(46-42)29-18-8-3-9-19-29/h1-26,40H,(H,44,45,46). The van der Waals surface area contributed by atoms with Crippen LogP contribution in [-0.2, 0) is 0 Å². The average Bonchev–Trinajstić information content (AvgIpc) is 3.53. The van der Waals surface area contributed by atoms with Crippen LogP contribution in [0, 0.1) is 0 Å². The van der Waals surface area contributed by atoms with Crippen LogP contribution in [0.15, 0.2) is 172 Å². The molecule has 8 aromatic rings. The zero-order valence-corrected chi connectivity index (χ0v) is 25.3. The van der Waals surface area contributed by atoms with Crippen LogP contribution in [0.25, 0.3) is 55.2 Å². The van der Waals surface area contributed by atoms with Crippen molar-refractivity contribution in [2.75, 3.05) is 0 Å². The number of fused-ring (bicyclic) bond motifs is 4. The van der Waals surface area contributed by atoms with Crippen molar-refractivity contribution in [1.29, 1.82) is 0 Å². The first-order chi connectivity index (χ1) is 23.3. The molecule has 47 heavy (non-hydrogen) atoms. The molecule has 1 aliphatic rings. The fraction of sp³-hybridized carbons (Fsp3) is 0.0238. The van der Waals surface area contributed by atoms with Crippen LogP contribution in [0.2, 0.25) is 0 Å². The fourth-order valence-corrected chi connectivity index (χ4v) is 6.49. The maximum Gasteiger partial charge on any atom is 0.159 e. The van der Waals surface area contributed by atoms with Crippen molar-refractivity contribution in [2.24, 2.45) is 9.98 Å². The minimum absolute atomic E-state index is 0.296. The first-order valence-electron chi connectivity index (χ1n) is 15.7. The number of nitrogens with one attached hydrogen (secondary N) is 1. The molecule has 0 saturated carbocycles. The van der Waals surface area contributed by atoms with Crippen LogP contribution in [0.4, 0.5) is 0 Å². The van der Waals surface area contributed by atoms with Crippen LogP contribution in [-0.4, -0.2) is 16.7 Å². The summed E-state index contributed by atoms with van der Waals surface area (Å²) in [5.74, 6) is 1.45. The summed E-state index contributed by atoms with van der Waals surface area (Å²) < 4.78 is 6.72. The van der Waals surface area contributed by atoms with E-state index in [1.165, 1.54) is 0 Å². The molecule has 1 aliphatic heterocycles. The molecule has 9 rings (SSSR count). The molecule has 0 saturated heterocycles. The van der Waals surface area contributed by atoms with Gasteiger partial charge in [0.25, 0.3) is 0 Å². The van der Waals surface area contributed by atoms with Crippen molar-refractivity contribution in [3.8, 4) is 22.3 Å². The highest BCUT2D eigenvalue weighted by molar-refractivity contribution is 6.20. The van der Waals surface area contributed by atoms with E-state index in [-0.39, 0.29) is 6.17 Å². The van der Waals surface area contributed by atoms with E-state index in [0.29, 0.717) is 5.84 Å². The van der Waals surface area contributed by atoms with Gasteiger partial charge in [0.15, 0.2) is 11.4 Å². The molecule has 0 bridgehead atoms. The Kier molecular flexibility index (Phi) is 6.46. The summed E-state index contributed by atoms with van der Waals surface area (Å²) in [6.45, 7) is 0. The maximum atomic E-state index is 6.72. The SMILES string of the molecule is c1ccc(C2=NC(c3ccccc3)NC(c3ccccc3-c3ccc(-c4ccccc4)c4oc5cc6ccccc6nc5c34)=N2)cc1. The molecule has 222 valence electrons. The second-order valence-corrected chi connectivity index (χ2v) is 11.6. The minimum atomic E-state index is -0.296. The molecule has 0 fully saturated rings. The van der Waals surface area contributed by atoms with Crippen molar-refractivity contribution >= 4 is 44.6 Å². The van der Waals surface area contributed by atoms with E-state index in [1.54, 1.807) is 0 Å². The van der Waals surface area contributed by atoms with Gasteiger partial charge in [-0.2, -0.15) is 0 Å².